The Balaban J connectivity index is 1.95. The predicted molar refractivity (Wildman–Crippen MR) is 83.3 cm³/mol. The molecule has 112 valence electrons. The van der Waals surface area contributed by atoms with E-state index in [-0.39, 0.29) is 5.54 Å². The summed E-state index contributed by atoms with van der Waals surface area (Å²) in [6.45, 7) is 5.29. The molecule has 1 fully saturated rings. The van der Waals surface area contributed by atoms with Crippen LogP contribution in [-0.4, -0.2) is 24.7 Å². The van der Waals surface area contributed by atoms with Gasteiger partial charge in [-0.15, -0.1) is 11.3 Å². The van der Waals surface area contributed by atoms with Gasteiger partial charge in [0.25, 0.3) is 0 Å². The zero-order valence-corrected chi connectivity index (χ0v) is 13.7. The second kappa shape index (κ2) is 5.74. The Kier molecular flexibility index (Phi) is 4.16. The van der Waals surface area contributed by atoms with Crippen LogP contribution in [0.3, 0.4) is 0 Å². The van der Waals surface area contributed by atoms with Gasteiger partial charge in [0.2, 0.25) is 0 Å². The summed E-state index contributed by atoms with van der Waals surface area (Å²) < 4.78 is 5.59. The van der Waals surface area contributed by atoms with Crippen molar-refractivity contribution >= 4 is 11.3 Å². The number of nitrogens with one attached hydrogen (secondary N) is 1. The quantitative estimate of drug-likeness (QED) is 0.874. The maximum Gasteiger partial charge on any atom is 0.116 e. The van der Waals surface area contributed by atoms with Crippen molar-refractivity contribution in [3.8, 4) is 0 Å². The number of thiazole rings is 1. The third-order valence-corrected chi connectivity index (χ3v) is 5.96. The summed E-state index contributed by atoms with van der Waals surface area (Å²) in [4.78, 5) is 6.54. The molecule has 0 saturated heterocycles. The van der Waals surface area contributed by atoms with E-state index >= 15 is 0 Å². The molecule has 4 heteroatoms. The first-order chi connectivity index (χ1) is 9.65. The fraction of sp³-hybridized carbons (Fsp3) is 0.812. The van der Waals surface area contributed by atoms with Crippen LogP contribution >= 0.6 is 11.3 Å². The number of fused-ring (bicyclic) bond motifs is 1. The van der Waals surface area contributed by atoms with Gasteiger partial charge in [-0.25, -0.2) is 4.98 Å². The first-order valence-electron chi connectivity index (χ1n) is 7.91. The molecule has 1 aromatic heterocycles. The van der Waals surface area contributed by atoms with E-state index in [0.29, 0.717) is 18.6 Å². The van der Waals surface area contributed by atoms with E-state index in [1.54, 1.807) is 7.11 Å². The van der Waals surface area contributed by atoms with E-state index in [2.05, 4.69) is 19.2 Å². The van der Waals surface area contributed by atoms with Crippen LogP contribution in [0.5, 0.6) is 0 Å². The van der Waals surface area contributed by atoms with Crippen LogP contribution in [0.15, 0.2) is 0 Å². The Morgan fingerprint density at radius 3 is 2.70 bits per heavy atom. The SMILES string of the molecule is COCC(NC1CC1)(c1nc2c(s1)CCCC2)C(C)C. The summed E-state index contributed by atoms with van der Waals surface area (Å²) >= 11 is 1.93. The molecular formula is C16H26N2OS. The van der Waals surface area contributed by atoms with Gasteiger partial charge in [-0.05, 0) is 44.4 Å². The number of aromatic nitrogens is 1. The van der Waals surface area contributed by atoms with Gasteiger partial charge < -0.3 is 10.1 Å². The van der Waals surface area contributed by atoms with Crippen molar-refractivity contribution in [2.45, 2.75) is 64.0 Å². The summed E-state index contributed by atoms with van der Waals surface area (Å²) in [5, 5.41) is 5.11. The van der Waals surface area contributed by atoms with Crippen LogP contribution in [0.2, 0.25) is 0 Å². The highest BCUT2D eigenvalue weighted by Gasteiger charge is 2.43. The molecule has 2 aliphatic rings. The standard InChI is InChI=1S/C16H26N2OS/c1-11(2)16(10-19-3,18-12-8-9-12)15-17-13-6-4-5-7-14(13)20-15/h11-12,18H,4-10H2,1-3H3. The highest BCUT2D eigenvalue weighted by Crippen LogP contribution is 2.39. The molecule has 3 rings (SSSR count). The molecule has 1 atom stereocenters. The lowest BCUT2D eigenvalue weighted by Crippen LogP contribution is -2.51. The topological polar surface area (TPSA) is 34.1 Å². The molecule has 0 aliphatic heterocycles. The number of hydrogen-bond donors (Lipinski definition) is 1. The number of nitrogens with zero attached hydrogens (tertiary/aromatic N) is 1. The Labute approximate surface area is 126 Å². The van der Waals surface area contributed by atoms with E-state index in [9.17, 15) is 0 Å². The summed E-state index contributed by atoms with van der Waals surface area (Å²) in [6, 6.07) is 0.661. The molecule has 3 nitrogen and oxygen atoms in total. The summed E-state index contributed by atoms with van der Waals surface area (Å²) in [7, 11) is 1.80. The molecule has 1 saturated carbocycles. The lowest BCUT2D eigenvalue weighted by atomic mass is 9.87. The maximum absolute atomic E-state index is 5.59. The van der Waals surface area contributed by atoms with Crippen molar-refractivity contribution in [2.75, 3.05) is 13.7 Å². The molecule has 0 amide bonds. The van der Waals surface area contributed by atoms with Crippen molar-refractivity contribution in [1.82, 2.24) is 10.3 Å². The molecular weight excluding hydrogens is 268 g/mol. The van der Waals surface area contributed by atoms with Crippen LogP contribution in [-0.2, 0) is 23.1 Å². The molecule has 2 aliphatic carbocycles. The summed E-state index contributed by atoms with van der Waals surface area (Å²) in [5.41, 5.74) is 1.26. The fourth-order valence-electron chi connectivity index (χ4n) is 3.11. The molecule has 0 bridgehead atoms. The van der Waals surface area contributed by atoms with Crippen molar-refractivity contribution in [1.29, 1.82) is 0 Å². The molecule has 0 radical (unpaired) electrons. The second-order valence-electron chi connectivity index (χ2n) is 6.57. The highest BCUT2D eigenvalue weighted by molar-refractivity contribution is 7.11. The van der Waals surface area contributed by atoms with Crippen molar-refractivity contribution in [3.05, 3.63) is 15.6 Å². The van der Waals surface area contributed by atoms with E-state index < -0.39 is 0 Å². The van der Waals surface area contributed by atoms with Gasteiger partial charge in [0, 0.05) is 18.0 Å². The summed E-state index contributed by atoms with van der Waals surface area (Å²) in [5.74, 6) is 0.482. The van der Waals surface area contributed by atoms with Crippen molar-refractivity contribution < 1.29 is 4.74 Å². The predicted octanol–water partition coefficient (Wildman–Crippen LogP) is 3.27. The van der Waals surface area contributed by atoms with Crippen molar-refractivity contribution in [3.63, 3.8) is 0 Å². The fourth-order valence-corrected chi connectivity index (χ4v) is 4.54. The van der Waals surface area contributed by atoms with Crippen LogP contribution in [0, 0.1) is 5.92 Å². The Morgan fingerprint density at radius 1 is 1.35 bits per heavy atom. The number of rotatable bonds is 6. The van der Waals surface area contributed by atoms with Gasteiger partial charge in [0.1, 0.15) is 5.01 Å². The molecule has 1 N–H and O–H groups in total. The maximum atomic E-state index is 5.59. The van der Waals surface area contributed by atoms with Gasteiger partial charge in [-0.3, -0.25) is 0 Å². The Hall–Kier alpha value is -0.450. The van der Waals surface area contributed by atoms with Crippen LogP contribution in [0.25, 0.3) is 0 Å². The van der Waals surface area contributed by atoms with Gasteiger partial charge in [-0.2, -0.15) is 0 Å². The normalized spacial score (nSPS) is 21.8. The molecule has 0 spiro atoms. The lowest BCUT2D eigenvalue weighted by Gasteiger charge is -2.36. The molecule has 1 aromatic rings. The smallest absolute Gasteiger partial charge is 0.116 e. The third-order valence-electron chi connectivity index (χ3n) is 4.62. The van der Waals surface area contributed by atoms with Gasteiger partial charge in [0.15, 0.2) is 0 Å². The van der Waals surface area contributed by atoms with Crippen molar-refractivity contribution in [2.24, 2.45) is 5.92 Å². The highest BCUT2D eigenvalue weighted by atomic mass is 32.1. The largest absolute Gasteiger partial charge is 0.382 e. The van der Waals surface area contributed by atoms with Gasteiger partial charge in [0.05, 0.1) is 17.8 Å². The number of ether oxygens (including phenoxy) is 1. The van der Waals surface area contributed by atoms with Crippen LogP contribution < -0.4 is 5.32 Å². The zero-order valence-electron chi connectivity index (χ0n) is 12.9. The number of aryl methyl sites for hydroxylation is 2. The average Bonchev–Trinajstić information content (AvgIpc) is 3.13. The summed E-state index contributed by atoms with van der Waals surface area (Å²) in [6.07, 6.45) is 7.59. The minimum atomic E-state index is -0.0993. The van der Waals surface area contributed by atoms with E-state index in [1.807, 2.05) is 11.3 Å². The molecule has 0 aromatic carbocycles. The minimum absolute atomic E-state index is 0.0993. The van der Waals surface area contributed by atoms with Gasteiger partial charge in [-0.1, -0.05) is 13.8 Å². The van der Waals surface area contributed by atoms with E-state index in [4.69, 9.17) is 9.72 Å². The molecule has 20 heavy (non-hydrogen) atoms. The average molecular weight is 294 g/mol. The lowest BCUT2D eigenvalue weighted by molar-refractivity contribution is 0.0744. The van der Waals surface area contributed by atoms with Crippen LogP contribution in [0.1, 0.15) is 55.1 Å². The number of methoxy groups -OCH3 is 1. The zero-order chi connectivity index (χ0) is 14.2. The Morgan fingerprint density at radius 2 is 2.10 bits per heavy atom. The first kappa shape index (κ1) is 14.5. The number of hydrogen-bond acceptors (Lipinski definition) is 4. The van der Waals surface area contributed by atoms with E-state index in [0.717, 1.165) is 6.42 Å². The first-order valence-corrected chi connectivity index (χ1v) is 8.73. The monoisotopic (exact) mass is 294 g/mol. The Bertz CT molecular complexity index is 444. The molecule has 1 unspecified atom stereocenters. The van der Waals surface area contributed by atoms with E-state index in [1.165, 1.54) is 47.7 Å². The second-order valence-corrected chi connectivity index (χ2v) is 7.66. The van der Waals surface area contributed by atoms with Crippen LogP contribution in [0.4, 0.5) is 0 Å². The van der Waals surface area contributed by atoms with Gasteiger partial charge >= 0.3 is 0 Å². The third kappa shape index (κ3) is 2.66. The minimum Gasteiger partial charge on any atom is -0.382 e. The molecule has 1 heterocycles.